The number of nitrogens with zero attached hydrogens (tertiary/aromatic N) is 4. The van der Waals surface area contributed by atoms with Crippen molar-refractivity contribution < 1.29 is 0 Å². The second-order valence-corrected chi connectivity index (χ2v) is 4.23. The second kappa shape index (κ2) is 6.33. The van der Waals surface area contributed by atoms with Gasteiger partial charge < -0.3 is 15.5 Å². The minimum atomic E-state index is 0.585. The first-order valence-electron chi connectivity index (χ1n) is 6.63. The van der Waals surface area contributed by atoms with E-state index in [0.29, 0.717) is 5.95 Å². The highest BCUT2D eigenvalue weighted by atomic mass is 15.2. The van der Waals surface area contributed by atoms with Crippen LogP contribution in [-0.2, 0) is 0 Å². The number of fused-ring (bicyclic) bond motifs is 1. The molecule has 0 radical (unpaired) electrons. The summed E-state index contributed by atoms with van der Waals surface area (Å²) in [6.07, 6.45) is 1.74. The molecule has 2 heterocycles. The zero-order chi connectivity index (χ0) is 13.7. The summed E-state index contributed by atoms with van der Waals surface area (Å²) in [5, 5.41) is 14.1. The van der Waals surface area contributed by atoms with E-state index in [1.165, 1.54) is 0 Å². The van der Waals surface area contributed by atoms with Crippen LogP contribution in [0.25, 0.3) is 11.0 Å². The lowest BCUT2D eigenvalue weighted by atomic mass is 10.4. The third kappa shape index (κ3) is 3.11. The Morgan fingerprint density at radius 1 is 1.26 bits per heavy atom. The van der Waals surface area contributed by atoms with Gasteiger partial charge in [0.25, 0.3) is 0 Å². The first kappa shape index (κ1) is 13.5. The highest BCUT2D eigenvalue weighted by Gasteiger charge is 2.08. The topological polar surface area (TPSA) is 81.8 Å². The van der Waals surface area contributed by atoms with Gasteiger partial charge in [0.15, 0.2) is 5.65 Å². The summed E-state index contributed by atoms with van der Waals surface area (Å²) in [7, 11) is 1.80. The van der Waals surface area contributed by atoms with Crippen LogP contribution in [0.4, 0.5) is 11.8 Å². The number of hydrogen-bond donors (Lipinski definition) is 3. The van der Waals surface area contributed by atoms with Gasteiger partial charge in [0.1, 0.15) is 5.82 Å². The molecular weight excluding hydrogens is 242 g/mol. The standard InChI is InChI=1S/C12H21N7/c1-4-19(5-2)7-6-14-10-9-8-15-18-11(9)17-12(13-3)16-10/h8H,4-7H2,1-3H3,(H3,13,14,15,16,17,18). The molecule has 0 aliphatic rings. The molecule has 3 N–H and O–H groups in total. The van der Waals surface area contributed by atoms with Crippen molar-refractivity contribution >= 4 is 22.8 Å². The number of hydrogen-bond acceptors (Lipinski definition) is 6. The molecule has 0 aliphatic heterocycles. The van der Waals surface area contributed by atoms with Crippen molar-refractivity contribution in [2.45, 2.75) is 13.8 Å². The minimum Gasteiger partial charge on any atom is -0.368 e. The van der Waals surface area contributed by atoms with E-state index in [0.717, 1.165) is 43.0 Å². The second-order valence-electron chi connectivity index (χ2n) is 4.23. The van der Waals surface area contributed by atoms with Crippen molar-refractivity contribution in [2.75, 3.05) is 43.9 Å². The van der Waals surface area contributed by atoms with Crippen LogP contribution in [0.1, 0.15) is 13.8 Å². The molecule has 0 amide bonds. The highest BCUT2D eigenvalue weighted by molar-refractivity contribution is 5.86. The van der Waals surface area contributed by atoms with Crippen LogP contribution < -0.4 is 10.6 Å². The number of aromatic amines is 1. The van der Waals surface area contributed by atoms with Crippen LogP contribution in [0.5, 0.6) is 0 Å². The first-order chi connectivity index (χ1) is 9.28. The molecule has 0 spiro atoms. The summed E-state index contributed by atoms with van der Waals surface area (Å²) in [4.78, 5) is 11.1. The van der Waals surface area contributed by atoms with Crippen LogP contribution in [0.2, 0.25) is 0 Å². The van der Waals surface area contributed by atoms with Crippen LogP contribution in [0, 0.1) is 0 Å². The van der Waals surface area contributed by atoms with Gasteiger partial charge in [0.2, 0.25) is 5.95 Å². The quantitative estimate of drug-likeness (QED) is 0.695. The Bertz CT molecular complexity index is 518. The summed E-state index contributed by atoms with van der Waals surface area (Å²) < 4.78 is 0. The van der Waals surface area contributed by atoms with E-state index < -0.39 is 0 Å². The summed E-state index contributed by atoms with van der Waals surface area (Å²) in [6.45, 7) is 8.30. The zero-order valence-electron chi connectivity index (χ0n) is 11.7. The lowest BCUT2D eigenvalue weighted by molar-refractivity contribution is 0.316. The molecule has 2 aromatic heterocycles. The van der Waals surface area contributed by atoms with E-state index in [1.54, 1.807) is 13.2 Å². The Kier molecular flexibility index (Phi) is 4.51. The van der Waals surface area contributed by atoms with Crippen molar-refractivity contribution in [3.8, 4) is 0 Å². The smallest absolute Gasteiger partial charge is 0.226 e. The monoisotopic (exact) mass is 263 g/mol. The number of nitrogens with one attached hydrogen (secondary N) is 3. The van der Waals surface area contributed by atoms with Gasteiger partial charge in [-0.25, -0.2) is 0 Å². The molecule has 104 valence electrons. The molecular formula is C12H21N7. The lowest BCUT2D eigenvalue weighted by Gasteiger charge is -2.18. The SMILES string of the molecule is CCN(CC)CCNc1nc(NC)nc2[nH]ncc12. The Hall–Kier alpha value is -1.89. The largest absolute Gasteiger partial charge is 0.368 e. The molecule has 0 unspecified atom stereocenters. The number of likely N-dealkylation sites (N-methyl/N-ethyl adjacent to an activating group) is 1. The summed E-state index contributed by atoms with van der Waals surface area (Å²) in [6, 6.07) is 0. The van der Waals surface area contributed by atoms with Gasteiger partial charge in [-0.2, -0.15) is 15.1 Å². The summed E-state index contributed by atoms with van der Waals surface area (Å²) in [5.41, 5.74) is 0.740. The molecule has 0 saturated heterocycles. The molecule has 0 aliphatic carbocycles. The van der Waals surface area contributed by atoms with Gasteiger partial charge in [-0.15, -0.1) is 0 Å². The molecule has 2 rings (SSSR count). The van der Waals surface area contributed by atoms with E-state index in [-0.39, 0.29) is 0 Å². The van der Waals surface area contributed by atoms with Gasteiger partial charge in [-0.1, -0.05) is 13.8 Å². The molecule has 7 nitrogen and oxygen atoms in total. The zero-order valence-corrected chi connectivity index (χ0v) is 11.7. The average molecular weight is 263 g/mol. The first-order valence-corrected chi connectivity index (χ1v) is 6.63. The van der Waals surface area contributed by atoms with E-state index in [1.807, 2.05) is 0 Å². The normalized spacial score (nSPS) is 11.2. The minimum absolute atomic E-state index is 0.585. The fraction of sp³-hybridized carbons (Fsp3) is 0.583. The number of H-pyrrole nitrogens is 1. The van der Waals surface area contributed by atoms with Crippen molar-refractivity contribution in [1.29, 1.82) is 0 Å². The number of aromatic nitrogens is 4. The van der Waals surface area contributed by atoms with E-state index in [2.05, 4.69) is 49.5 Å². The van der Waals surface area contributed by atoms with Gasteiger partial charge >= 0.3 is 0 Å². The fourth-order valence-electron chi connectivity index (χ4n) is 1.95. The Balaban J connectivity index is 2.08. The number of anilines is 2. The Labute approximate surface area is 112 Å². The molecule has 19 heavy (non-hydrogen) atoms. The predicted octanol–water partition coefficient (Wildman–Crippen LogP) is 1.15. The molecule has 7 heteroatoms. The highest BCUT2D eigenvalue weighted by Crippen LogP contribution is 2.19. The average Bonchev–Trinajstić information content (AvgIpc) is 2.91. The van der Waals surface area contributed by atoms with Crippen LogP contribution in [0.3, 0.4) is 0 Å². The van der Waals surface area contributed by atoms with E-state index in [9.17, 15) is 0 Å². The molecule has 0 saturated carbocycles. The van der Waals surface area contributed by atoms with Gasteiger partial charge in [-0.3, -0.25) is 5.10 Å². The van der Waals surface area contributed by atoms with Crippen LogP contribution in [0.15, 0.2) is 6.20 Å². The third-order valence-electron chi connectivity index (χ3n) is 3.15. The maximum Gasteiger partial charge on any atom is 0.226 e. The Morgan fingerprint density at radius 3 is 2.74 bits per heavy atom. The fourth-order valence-corrected chi connectivity index (χ4v) is 1.95. The van der Waals surface area contributed by atoms with Gasteiger partial charge in [0, 0.05) is 20.1 Å². The van der Waals surface area contributed by atoms with Crippen molar-refractivity contribution in [2.24, 2.45) is 0 Å². The summed E-state index contributed by atoms with van der Waals surface area (Å²) >= 11 is 0. The van der Waals surface area contributed by atoms with Crippen molar-refractivity contribution in [3.63, 3.8) is 0 Å². The molecule has 0 bridgehead atoms. The van der Waals surface area contributed by atoms with Crippen molar-refractivity contribution in [3.05, 3.63) is 6.20 Å². The van der Waals surface area contributed by atoms with Crippen molar-refractivity contribution in [1.82, 2.24) is 25.1 Å². The van der Waals surface area contributed by atoms with Crippen LogP contribution >= 0.6 is 0 Å². The van der Waals surface area contributed by atoms with Gasteiger partial charge in [0.05, 0.1) is 11.6 Å². The third-order valence-corrected chi connectivity index (χ3v) is 3.15. The molecule has 2 aromatic rings. The maximum absolute atomic E-state index is 4.43. The van der Waals surface area contributed by atoms with Crippen LogP contribution in [-0.4, -0.2) is 58.3 Å². The predicted molar refractivity (Wildman–Crippen MR) is 77.5 cm³/mol. The number of rotatable bonds is 7. The molecule has 0 atom stereocenters. The lowest BCUT2D eigenvalue weighted by Crippen LogP contribution is -2.28. The van der Waals surface area contributed by atoms with Gasteiger partial charge in [-0.05, 0) is 13.1 Å². The Morgan fingerprint density at radius 2 is 2.05 bits per heavy atom. The molecule has 0 fully saturated rings. The van der Waals surface area contributed by atoms with E-state index >= 15 is 0 Å². The maximum atomic E-state index is 4.43. The van der Waals surface area contributed by atoms with E-state index in [4.69, 9.17) is 0 Å². The summed E-state index contributed by atoms with van der Waals surface area (Å²) in [5.74, 6) is 1.40. The molecule has 0 aromatic carbocycles.